The first-order chi connectivity index (χ1) is 8.79. The summed E-state index contributed by atoms with van der Waals surface area (Å²) in [7, 11) is 2.25. The number of para-hydroxylation sites is 1. The molecular formula is C15H19N3. The van der Waals surface area contributed by atoms with Gasteiger partial charge in [0, 0.05) is 25.2 Å². The molecule has 2 atom stereocenters. The summed E-state index contributed by atoms with van der Waals surface area (Å²) in [4.78, 5) is 4.94. The summed E-state index contributed by atoms with van der Waals surface area (Å²) in [6, 6.07) is 11.7. The fourth-order valence-corrected chi connectivity index (χ4v) is 3.37. The average Bonchev–Trinajstić information content (AvgIpc) is 2.63. The van der Waals surface area contributed by atoms with Crippen LogP contribution >= 0.6 is 0 Å². The Morgan fingerprint density at radius 2 is 1.94 bits per heavy atom. The van der Waals surface area contributed by atoms with Crippen molar-refractivity contribution in [2.75, 3.05) is 25.0 Å². The predicted octanol–water partition coefficient (Wildman–Crippen LogP) is 2.23. The Hall–Kier alpha value is -1.53. The maximum absolute atomic E-state index is 9.22. The molecule has 0 radical (unpaired) electrons. The molecule has 0 amide bonds. The highest BCUT2D eigenvalue weighted by atomic mass is 15.3. The molecule has 2 unspecified atom stereocenters. The van der Waals surface area contributed by atoms with Crippen molar-refractivity contribution in [3.8, 4) is 6.07 Å². The SMILES string of the molecule is CN1C2CCC1CN(c1ccccc1C#N)CC2. The van der Waals surface area contributed by atoms with Crippen molar-refractivity contribution in [1.82, 2.24) is 4.90 Å². The largest absolute Gasteiger partial charge is 0.369 e. The summed E-state index contributed by atoms with van der Waals surface area (Å²) < 4.78 is 0. The molecule has 3 rings (SSSR count). The van der Waals surface area contributed by atoms with Crippen LogP contribution in [0.15, 0.2) is 24.3 Å². The number of rotatable bonds is 1. The van der Waals surface area contributed by atoms with Crippen LogP contribution < -0.4 is 4.90 Å². The Balaban J connectivity index is 1.87. The van der Waals surface area contributed by atoms with E-state index in [9.17, 15) is 5.26 Å². The lowest BCUT2D eigenvalue weighted by Crippen LogP contribution is -2.36. The van der Waals surface area contributed by atoms with Crippen LogP contribution in [0.5, 0.6) is 0 Å². The fraction of sp³-hybridized carbons (Fsp3) is 0.533. The van der Waals surface area contributed by atoms with Gasteiger partial charge in [-0.25, -0.2) is 0 Å². The first kappa shape index (κ1) is 11.6. The number of likely N-dealkylation sites (N-methyl/N-ethyl adjacent to an activating group) is 1. The highest BCUT2D eigenvalue weighted by Gasteiger charge is 2.34. The Labute approximate surface area is 109 Å². The maximum Gasteiger partial charge on any atom is 0.101 e. The standard InChI is InChI=1S/C15H19N3/c1-17-13-6-7-14(17)11-18(9-8-13)15-5-3-2-4-12(15)10-16/h2-5,13-14H,6-9,11H2,1H3. The van der Waals surface area contributed by atoms with Gasteiger partial charge in [0.1, 0.15) is 6.07 Å². The summed E-state index contributed by atoms with van der Waals surface area (Å²) in [5.74, 6) is 0. The van der Waals surface area contributed by atoms with E-state index in [1.807, 2.05) is 18.2 Å². The van der Waals surface area contributed by atoms with E-state index in [1.165, 1.54) is 19.3 Å². The average molecular weight is 241 g/mol. The number of nitriles is 1. The second kappa shape index (κ2) is 4.62. The van der Waals surface area contributed by atoms with Gasteiger partial charge in [-0.05, 0) is 38.4 Å². The van der Waals surface area contributed by atoms with Gasteiger partial charge in [-0.3, -0.25) is 4.90 Å². The number of hydrogen-bond acceptors (Lipinski definition) is 3. The molecule has 3 heteroatoms. The highest BCUT2D eigenvalue weighted by Crippen LogP contribution is 2.31. The minimum absolute atomic E-state index is 0.657. The molecule has 2 bridgehead atoms. The van der Waals surface area contributed by atoms with Crippen LogP contribution in [0.1, 0.15) is 24.8 Å². The van der Waals surface area contributed by atoms with Gasteiger partial charge in [0.2, 0.25) is 0 Å². The maximum atomic E-state index is 9.22. The van der Waals surface area contributed by atoms with E-state index in [1.54, 1.807) is 0 Å². The number of hydrogen-bond donors (Lipinski definition) is 0. The molecule has 1 aromatic rings. The zero-order valence-corrected chi connectivity index (χ0v) is 10.8. The minimum Gasteiger partial charge on any atom is -0.369 e. The topological polar surface area (TPSA) is 30.3 Å². The van der Waals surface area contributed by atoms with E-state index >= 15 is 0 Å². The molecule has 2 aliphatic heterocycles. The normalized spacial score (nSPS) is 27.9. The van der Waals surface area contributed by atoms with Crippen LogP contribution in [0.3, 0.4) is 0 Å². The molecule has 0 N–H and O–H groups in total. The number of fused-ring (bicyclic) bond motifs is 2. The summed E-state index contributed by atoms with van der Waals surface area (Å²) >= 11 is 0. The molecule has 18 heavy (non-hydrogen) atoms. The van der Waals surface area contributed by atoms with Crippen molar-refractivity contribution in [2.45, 2.75) is 31.3 Å². The molecule has 94 valence electrons. The van der Waals surface area contributed by atoms with Gasteiger partial charge >= 0.3 is 0 Å². The Kier molecular flexibility index (Phi) is 2.97. The number of benzene rings is 1. The minimum atomic E-state index is 0.657. The van der Waals surface area contributed by atoms with Crippen molar-refractivity contribution in [2.24, 2.45) is 0 Å². The molecule has 2 fully saturated rings. The Morgan fingerprint density at radius 1 is 1.17 bits per heavy atom. The molecule has 0 aliphatic carbocycles. The molecule has 2 heterocycles. The van der Waals surface area contributed by atoms with Gasteiger partial charge in [0.15, 0.2) is 0 Å². The molecule has 2 saturated heterocycles. The smallest absolute Gasteiger partial charge is 0.101 e. The van der Waals surface area contributed by atoms with Gasteiger partial charge in [-0.1, -0.05) is 12.1 Å². The van der Waals surface area contributed by atoms with Gasteiger partial charge < -0.3 is 4.90 Å². The second-order valence-electron chi connectivity index (χ2n) is 5.41. The quantitative estimate of drug-likeness (QED) is 0.755. The van der Waals surface area contributed by atoms with Gasteiger partial charge in [0.25, 0.3) is 0 Å². The van der Waals surface area contributed by atoms with Crippen LogP contribution in [0, 0.1) is 11.3 Å². The van der Waals surface area contributed by atoms with Gasteiger partial charge in [0.05, 0.1) is 11.3 Å². The van der Waals surface area contributed by atoms with E-state index in [2.05, 4.69) is 29.0 Å². The molecule has 0 spiro atoms. The van der Waals surface area contributed by atoms with Crippen molar-refractivity contribution >= 4 is 5.69 Å². The predicted molar refractivity (Wildman–Crippen MR) is 72.6 cm³/mol. The lowest BCUT2D eigenvalue weighted by atomic mass is 10.1. The van der Waals surface area contributed by atoms with Crippen molar-refractivity contribution in [3.05, 3.63) is 29.8 Å². The zero-order valence-electron chi connectivity index (χ0n) is 10.8. The highest BCUT2D eigenvalue weighted by molar-refractivity contribution is 5.59. The van der Waals surface area contributed by atoms with E-state index in [0.717, 1.165) is 30.4 Å². The zero-order chi connectivity index (χ0) is 12.5. The molecule has 0 aromatic heterocycles. The summed E-state index contributed by atoms with van der Waals surface area (Å²) in [5, 5.41) is 9.22. The van der Waals surface area contributed by atoms with Crippen LogP contribution in [-0.2, 0) is 0 Å². The summed E-state index contributed by atoms with van der Waals surface area (Å²) in [5.41, 5.74) is 1.92. The van der Waals surface area contributed by atoms with Gasteiger partial charge in [-0.15, -0.1) is 0 Å². The van der Waals surface area contributed by atoms with Gasteiger partial charge in [-0.2, -0.15) is 5.26 Å². The van der Waals surface area contributed by atoms with Crippen molar-refractivity contribution in [3.63, 3.8) is 0 Å². The summed E-state index contributed by atoms with van der Waals surface area (Å²) in [6.45, 7) is 2.13. The van der Waals surface area contributed by atoms with E-state index in [-0.39, 0.29) is 0 Å². The van der Waals surface area contributed by atoms with Crippen molar-refractivity contribution in [1.29, 1.82) is 5.26 Å². The third kappa shape index (κ3) is 1.87. The van der Waals surface area contributed by atoms with Crippen LogP contribution in [-0.4, -0.2) is 37.1 Å². The second-order valence-corrected chi connectivity index (χ2v) is 5.41. The monoisotopic (exact) mass is 241 g/mol. The van der Waals surface area contributed by atoms with E-state index in [0.29, 0.717) is 6.04 Å². The van der Waals surface area contributed by atoms with Crippen LogP contribution in [0.2, 0.25) is 0 Å². The number of nitrogens with zero attached hydrogens (tertiary/aromatic N) is 3. The Morgan fingerprint density at radius 3 is 2.78 bits per heavy atom. The fourth-order valence-electron chi connectivity index (χ4n) is 3.37. The van der Waals surface area contributed by atoms with Crippen LogP contribution in [0.25, 0.3) is 0 Å². The van der Waals surface area contributed by atoms with E-state index in [4.69, 9.17) is 0 Å². The molecular weight excluding hydrogens is 222 g/mol. The third-order valence-corrected chi connectivity index (χ3v) is 4.51. The molecule has 0 saturated carbocycles. The summed E-state index contributed by atoms with van der Waals surface area (Å²) in [6.07, 6.45) is 3.86. The molecule has 2 aliphatic rings. The van der Waals surface area contributed by atoms with Crippen LogP contribution in [0.4, 0.5) is 5.69 Å². The number of anilines is 1. The lowest BCUT2D eigenvalue weighted by Gasteiger charge is -2.28. The van der Waals surface area contributed by atoms with Crippen molar-refractivity contribution < 1.29 is 0 Å². The first-order valence-corrected chi connectivity index (χ1v) is 6.75. The molecule has 1 aromatic carbocycles. The van der Waals surface area contributed by atoms with E-state index < -0.39 is 0 Å². The lowest BCUT2D eigenvalue weighted by molar-refractivity contribution is 0.254. The first-order valence-electron chi connectivity index (χ1n) is 6.75. The Bertz CT molecular complexity index is 477. The molecule has 3 nitrogen and oxygen atoms in total. The third-order valence-electron chi connectivity index (χ3n) is 4.51.